The summed E-state index contributed by atoms with van der Waals surface area (Å²) in [7, 11) is 0. The van der Waals surface area contributed by atoms with E-state index in [1.54, 1.807) is 18.2 Å². The zero-order chi connectivity index (χ0) is 27.1. The summed E-state index contributed by atoms with van der Waals surface area (Å²) in [4.78, 5) is 44.9. The molecular formula is C26H18N4O8. The third-order valence-electron chi connectivity index (χ3n) is 5.12. The van der Waals surface area contributed by atoms with Crippen molar-refractivity contribution in [1.29, 1.82) is 0 Å². The Morgan fingerprint density at radius 2 is 1.53 bits per heavy atom. The Balaban J connectivity index is 1.34. The van der Waals surface area contributed by atoms with Crippen molar-refractivity contribution >= 4 is 40.2 Å². The molecule has 1 N–H and O–H groups in total. The quantitative estimate of drug-likeness (QED) is 0.113. The minimum atomic E-state index is -1.02. The molecule has 0 spiro atoms. The lowest BCUT2D eigenvalue weighted by Crippen LogP contribution is -2.24. The van der Waals surface area contributed by atoms with Crippen LogP contribution in [0.2, 0.25) is 0 Å². The second-order valence-corrected chi connectivity index (χ2v) is 7.81. The summed E-state index contributed by atoms with van der Waals surface area (Å²) in [5.74, 6) is -0.931. The van der Waals surface area contributed by atoms with E-state index in [9.17, 15) is 29.8 Å². The molecule has 0 bridgehead atoms. The van der Waals surface area contributed by atoms with Gasteiger partial charge in [0.05, 0.1) is 27.7 Å². The van der Waals surface area contributed by atoms with E-state index in [4.69, 9.17) is 9.47 Å². The summed E-state index contributed by atoms with van der Waals surface area (Å²) in [5.41, 5.74) is 1.19. The highest BCUT2D eigenvalue weighted by atomic mass is 16.6. The molecule has 4 rings (SSSR count). The molecule has 190 valence electrons. The minimum absolute atomic E-state index is 0.0547. The number of hydrogen-bond donors (Lipinski definition) is 1. The molecule has 0 aliphatic carbocycles. The number of benzene rings is 4. The molecule has 12 heteroatoms. The smallest absolute Gasteiger partial charge is 0.344 e. The molecule has 1 amide bonds. The van der Waals surface area contributed by atoms with Crippen LogP contribution in [0.3, 0.4) is 0 Å². The Bertz CT molecular complexity index is 1550. The summed E-state index contributed by atoms with van der Waals surface area (Å²) in [6, 6.07) is 21.8. The van der Waals surface area contributed by atoms with Gasteiger partial charge in [0.25, 0.3) is 17.3 Å². The normalized spacial score (nSPS) is 10.7. The molecule has 0 heterocycles. The number of hydrogen-bond acceptors (Lipinski definition) is 9. The van der Waals surface area contributed by atoms with E-state index < -0.39 is 33.1 Å². The second kappa shape index (κ2) is 11.4. The molecule has 0 unspecified atom stereocenters. The number of nitrogens with zero attached hydrogens (tertiary/aromatic N) is 3. The van der Waals surface area contributed by atoms with Crippen molar-refractivity contribution in [2.75, 3.05) is 6.61 Å². The molecule has 0 aromatic heterocycles. The van der Waals surface area contributed by atoms with Crippen molar-refractivity contribution in [2.24, 2.45) is 5.10 Å². The molecule has 0 radical (unpaired) electrons. The van der Waals surface area contributed by atoms with E-state index in [-0.39, 0.29) is 17.9 Å². The van der Waals surface area contributed by atoms with Crippen LogP contribution in [0.1, 0.15) is 15.9 Å². The van der Waals surface area contributed by atoms with Crippen molar-refractivity contribution in [2.45, 2.75) is 0 Å². The summed E-state index contributed by atoms with van der Waals surface area (Å²) < 4.78 is 10.7. The van der Waals surface area contributed by atoms with E-state index in [1.165, 1.54) is 18.3 Å². The highest BCUT2D eigenvalue weighted by Gasteiger charge is 2.21. The molecular weight excluding hydrogens is 496 g/mol. The fraction of sp³-hybridized carbons (Fsp3) is 0.0385. The van der Waals surface area contributed by atoms with Gasteiger partial charge in [0.15, 0.2) is 6.61 Å². The number of nitrogens with one attached hydrogen (secondary N) is 1. The van der Waals surface area contributed by atoms with Crippen LogP contribution in [0, 0.1) is 20.2 Å². The Kier molecular flexibility index (Phi) is 7.63. The molecule has 0 atom stereocenters. The van der Waals surface area contributed by atoms with Crippen molar-refractivity contribution in [1.82, 2.24) is 5.43 Å². The number of non-ortho nitro benzene ring substituents is 2. The molecule has 0 fully saturated rings. The molecule has 4 aromatic carbocycles. The lowest BCUT2D eigenvalue weighted by atomic mass is 10.1. The van der Waals surface area contributed by atoms with Crippen LogP contribution >= 0.6 is 0 Å². The summed E-state index contributed by atoms with van der Waals surface area (Å²) in [6.45, 7) is -0.261. The zero-order valence-electron chi connectivity index (χ0n) is 19.5. The van der Waals surface area contributed by atoms with E-state index in [2.05, 4.69) is 10.5 Å². The molecule has 0 saturated heterocycles. The minimum Gasteiger partial charge on any atom is -0.484 e. The molecule has 0 aliphatic heterocycles. The monoisotopic (exact) mass is 514 g/mol. The van der Waals surface area contributed by atoms with E-state index >= 15 is 0 Å². The predicted molar refractivity (Wildman–Crippen MR) is 136 cm³/mol. The van der Waals surface area contributed by atoms with Crippen LogP contribution < -0.4 is 14.9 Å². The van der Waals surface area contributed by atoms with Crippen LogP contribution in [0.4, 0.5) is 11.4 Å². The number of carbonyl (C=O) groups is 2. The first-order valence-corrected chi connectivity index (χ1v) is 11.0. The number of fused-ring (bicyclic) bond motifs is 1. The number of carbonyl (C=O) groups excluding carboxylic acids is 2. The van der Waals surface area contributed by atoms with Gasteiger partial charge in [0.1, 0.15) is 11.5 Å². The van der Waals surface area contributed by atoms with Crippen LogP contribution in [0.15, 0.2) is 90.0 Å². The van der Waals surface area contributed by atoms with Gasteiger partial charge in [-0.25, -0.2) is 10.2 Å². The molecule has 0 saturated carbocycles. The Morgan fingerprint density at radius 3 is 2.24 bits per heavy atom. The average molecular weight is 514 g/mol. The van der Waals surface area contributed by atoms with Gasteiger partial charge in [-0.3, -0.25) is 25.0 Å². The van der Waals surface area contributed by atoms with Gasteiger partial charge in [0.2, 0.25) is 0 Å². The zero-order valence-corrected chi connectivity index (χ0v) is 19.5. The van der Waals surface area contributed by atoms with Crippen LogP contribution in [0.25, 0.3) is 10.8 Å². The van der Waals surface area contributed by atoms with Gasteiger partial charge in [-0.1, -0.05) is 42.5 Å². The first-order chi connectivity index (χ1) is 18.3. The van der Waals surface area contributed by atoms with Gasteiger partial charge in [-0.15, -0.1) is 0 Å². The predicted octanol–water partition coefficient (Wildman–Crippen LogP) is 4.40. The molecule has 38 heavy (non-hydrogen) atoms. The fourth-order valence-corrected chi connectivity index (χ4v) is 3.37. The third-order valence-corrected chi connectivity index (χ3v) is 5.12. The van der Waals surface area contributed by atoms with Gasteiger partial charge >= 0.3 is 5.97 Å². The summed E-state index contributed by atoms with van der Waals surface area (Å²) in [5, 5.41) is 28.0. The van der Waals surface area contributed by atoms with Crippen LogP contribution in [-0.4, -0.2) is 34.5 Å². The van der Waals surface area contributed by atoms with Gasteiger partial charge in [-0.2, -0.15) is 5.10 Å². The lowest BCUT2D eigenvalue weighted by molar-refractivity contribution is -0.394. The Morgan fingerprint density at radius 1 is 0.816 bits per heavy atom. The van der Waals surface area contributed by atoms with Gasteiger partial charge < -0.3 is 9.47 Å². The second-order valence-electron chi connectivity index (χ2n) is 7.81. The number of amides is 1. The van der Waals surface area contributed by atoms with E-state index in [0.29, 0.717) is 11.3 Å². The Labute approximate surface area is 214 Å². The van der Waals surface area contributed by atoms with Crippen molar-refractivity contribution in [3.8, 4) is 11.5 Å². The topological polar surface area (TPSA) is 163 Å². The SMILES string of the molecule is O=C(COc1ccc2ccccc2c1)N/N=C/c1cccc(OC(=O)c2cc([N+](=O)[O-])cc([N+](=O)[O-])c2)c1. The maximum Gasteiger partial charge on any atom is 0.344 e. The highest BCUT2D eigenvalue weighted by Crippen LogP contribution is 2.24. The summed E-state index contributed by atoms with van der Waals surface area (Å²) in [6.07, 6.45) is 1.31. The first kappa shape index (κ1) is 25.4. The lowest BCUT2D eigenvalue weighted by Gasteiger charge is -2.06. The number of hydrazone groups is 1. The van der Waals surface area contributed by atoms with E-state index in [0.717, 1.165) is 29.0 Å². The van der Waals surface area contributed by atoms with E-state index in [1.807, 2.05) is 36.4 Å². The fourth-order valence-electron chi connectivity index (χ4n) is 3.37. The number of nitro groups is 2. The highest BCUT2D eigenvalue weighted by molar-refractivity contribution is 5.93. The summed E-state index contributed by atoms with van der Waals surface area (Å²) >= 11 is 0. The van der Waals surface area contributed by atoms with Crippen LogP contribution in [-0.2, 0) is 4.79 Å². The van der Waals surface area contributed by atoms with Gasteiger partial charge in [0, 0.05) is 12.1 Å². The van der Waals surface area contributed by atoms with Crippen molar-refractivity contribution in [3.05, 3.63) is 116 Å². The standard InChI is InChI=1S/C26H18N4O8/c31-25(16-37-23-9-8-18-5-1-2-6-19(18)13-23)28-27-15-17-4-3-7-24(10-17)38-26(32)20-11-21(29(33)34)14-22(12-20)30(35)36/h1-15H,16H2,(H,28,31)/b27-15+. The number of rotatable bonds is 9. The third kappa shape index (κ3) is 6.51. The number of esters is 1. The molecule has 0 aliphatic rings. The average Bonchev–Trinajstić information content (AvgIpc) is 2.91. The number of nitro benzene ring substituents is 2. The van der Waals surface area contributed by atoms with Gasteiger partial charge in [-0.05, 0) is 40.6 Å². The van der Waals surface area contributed by atoms with Crippen molar-refractivity contribution in [3.63, 3.8) is 0 Å². The van der Waals surface area contributed by atoms with Crippen molar-refractivity contribution < 1.29 is 28.9 Å². The largest absolute Gasteiger partial charge is 0.484 e. The maximum absolute atomic E-state index is 12.5. The Hall–Kier alpha value is -5.65. The number of ether oxygens (including phenoxy) is 2. The molecule has 4 aromatic rings. The molecule has 12 nitrogen and oxygen atoms in total. The van der Waals surface area contributed by atoms with Crippen LogP contribution in [0.5, 0.6) is 11.5 Å². The first-order valence-electron chi connectivity index (χ1n) is 11.0. The maximum atomic E-state index is 12.5.